The second-order valence-corrected chi connectivity index (χ2v) is 6.60. The van der Waals surface area contributed by atoms with Crippen molar-refractivity contribution < 1.29 is 14.3 Å². The molecule has 0 aliphatic rings. The zero-order valence-corrected chi connectivity index (χ0v) is 16.6. The molecular weight excluding hydrogens is 368 g/mol. The van der Waals surface area contributed by atoms with Crippen LogP contribution in [0, 0.1) is 0 Å². The highest BCUT2D eigenvalue weighted by Crippen LogP contribution is 2.23. The molecule has 0 saturated heterocycles. The van der Waals surface area contributed by atoms with Crippen LogP contribution < -0.4 is 15.6 Å². The summed E-state index contributed by atoms with van der Waals surface area (Å²) in [6.07, 6.45) is 2.50. The van der Waals surface area contributed by atoms with Crippen LogP contribution in [0.4, 0.5) is 0 Å². The number of benzene rings is 2. The van der Waals surface area contributed by atoms with Crippen molar-refractivity contribution >= 4 is 16.7 Å². The van der Waals surface area contributed by atoms with Gasteiger partial charge in [0.05, 0.1) is 12.0 Å². The highest BCUT2D eigenvalue weighted by Gasteiger charge is 2.09. The smallest absolute Gasteiger partial charge is 0.258 e. The van der Waals surface area contributed by atoms with Gasteiger partial charge in [-0.25, -0.2) is 0 Å². The lowest BCUT2D eigenvalue weighted by Crippen LogP contribution is -2.30. The molecule has 0 radical (unpaired) electrons. The molecule has 0 aliphatic carbocycles. The molecule has 29 heavy (non-hydrogen) atoms. The molecule has 0 bridgehead atoms. The van der Waals surface area contributed by atoms with Gasteiger partial charge in [0, 0.05) is 31.3 Å². The second kappa shape index (κ2) is 10.4. The van der Waals surface area contributed by atoms with Crippen LogP contribution in [0.25, 0.3) is 10.8 Å². The maximum absolute atomic E-state index is 12.7. The fourth-order valence-electron chi connectivity index (χ4n) is 3.08. The monoisotopic (exact) mass is 394 g/mol. The van der Waals surface area contributed by atoms with Crippen molar-refractivity contribution in [2.75, 3.05) is 26.4 Å². The van der Waals surface area contributed by atoms with Gasteiger partial charge in [0.25, 0.3) is 11.5 Å². The highest BCUT2D eigenvalue weighted by molar-refractivity contribution is 5.88. The van der Waals surface area contributed by atoms with Crippen LogP contribution in [0.2, 0.25) is 0 Å². The fraction of sp³-hybridized carbons (Fsp3) is 0.304. The maximum atomic E-state index is 12.7. The van der Waals surface area contributed by atoms with Gasteiger partial charge in [0.15, 0.2) is 6.61 Å². The molecule has 1 heterocycles. The molecule has 0 saturated carbocycles. The standard InChI is InChI=1S/C23H26N2O4/c1-2-28-16-15-25-14-12-19-20(23(25)27)9-6-10-21(19)29-17-22(26)24-13-11-18-7-4-3-5-8-18/h3-10,12,14H,2,11,13,15-17H2,1H3,(H,24,26). The molecule has 1 aromatic heterocycles. The minimum atomic E-state index is -0.192. The molecule has 1 amide bonds. The average molecular weight is 394 g/mol. The summed E-state index contributed by atoms with van der Waals surface area (Å²) in [5.41, 5.74) is 1.07. The number of fused-ring (bicyclic) bond motifs is 1. The van der Waals surface area contributed by atoms with Gasteiger partial charge in [-0.2, -0.15) is 0 Å². The molecule has 1 N–H and O–H groups in total. The number of ether oxygens (including phenoxy) is 2. The Bertz CT molecular complexity index is 999. The van der Waals surface area contributed by atoms with Crippen LogP contribution in [0.5, 0.6) is 5.75 Å². The van der Waals surface area contributed by atoms with Crippen LogP contribution in [-0.4, -0.2) is 36.8 Å². The molecule has 6 nitrogen and oxygen atoms in total. The van der Waals surface area contributed by atoms with E-state index < -0.39 is 0 Å². The zero-order chi connectivity index (χ0) is 20.5. The summed E-state index contributed by atoms with van der Waals surface area (Å²) in [5.74, 6) is 0.331. The largest absolute Gasteiger partial charge is 0.483 e. The normalized spacial score (nSPS) is 10.8. The molecule has 3 rings (SSSR count). The first-order valence-electron chi connectivity index (χ1n) is 9.82. The van der Waals surface area contributed by atoms with E-state index in [0.717, 1.165) is 6.42 Å². The summed E-state index contributed by atoms with van der Waals surface area (Å²) in [6.45, 7) is 3.98. The van der Waals surface area contributed by atoms with E-state index in [4.69, 9.17) is 9.47 Å². The number of hydrogen-bond donors (Lipinski definition) is 1. The third-order valence-corrected chi connectivity index (χ3v) is 4.60. The van der Waals surface area contributed by atoms with E-state index in [-0.39, 0.29) is 18.1 Å². The minimum absolute atomic E-state index is 0.0959. The van der Waals surface area contributed by atoms with E-state index >= 15 is 0 Å². The first-order valence-corrected chi connectivity index (χ1v) is 9.82. The third-order valence-electron chi connectivity index (χ3n) is 4.60. The number of aromatic nitrogens is 1. The Morgan fingerprint density at radius 3 is 2.66 bits per heavy atom. The minimum Gasteiger partial charge on any atom is -0.483 e. The van der Waals surface area contributed by atoms with Gasteiger partial charge >= 0.3 is 0 Å². The summed E-state index contributed by atoms with van der Waals surface area (Å²) in [7, 11) is 0. The van der Waals surface area contributed by atoms with Gasteiger partial charge in [-0.3, -0.25) is 9.59 Å². The van der Waals surface area contributed by atoms with Crippen molar-refractivity contribution in [2.45, 2.75) is 19.9 Å². The lowest BCUT2D eigenvalue weighted by Gasteiger charge is -2.11. The maximum Gasteiger partial charge on any atom is 0.258 e. The van der Waals surface area contributed by atoms with Gasteiger partial charge in [0.1, 0.15) is 5.75 Å². The van der Waals surface area contributed by atoms with E-state index in [1.54, 1.807) is 29.0 Å². The van der Waals surface area contributed by atoms with E-state index in [0.29, 0.717) is 42.8 Å². The van der Waals surface area contributed by atoms with Gasteiger partial charge in [-0.05, 0) is 37.1 Å². The van der Waals surface area contributed by atoms with Crippen molar-refractivity contribution in [3.05, 3.63) is 76.7 Å². The number of carbonyl (C=O) groups is 1. The third kappa shape index (κ3) is 5.68. The van der Waals surface area contributed by atoms with E-state index in [2.05, 4.69) is 5.32 Å². The fourth-order valence-corrected chi connectivity index (χ4v) is 3.08. The predicted molar refractivity (Wildman–Crippen MR) is 113 cm³/mol. The van der Waals surface area contributed by atoms with Crippen molar-refractivity contribution in [1.29, 1.82) is 0 Å². The van der Waals surface area contributed by atoms with Gasteiger partial charge in [0.2, 0.25) is 0 Å². The first kappa shape index (κ1) is 20.6. The molecular formula is C23H26N2O4. The van der Waals surface area contributed by atoms with Crippen LogP contribution in [-0.2, 0) is 22.5 Å². The number of nitrogens with one attached hydrogen (secondary N) is 1. The average Bonchev–Trinajstić information content (AvgIpc) is 2.75. The Morgan fingerprint density at radius 1 is 1.03 bits per heavy atom. The van der Waals surface area contributed by atoms with E-state index in [1.807, 2.05) is 43.3 Å². The number of nitrogens with zero attached hydrogens (tertiary/aromatic N) is 1. The molecule has 0 spiro atoms. The number of carbonyl (C=O) groups excluding carboxylic acids is 1. The quantitative estimate of drug-likeness (QED) is 0.537. The topological polar surface area (TPSA) is 69.6 Å². The Balaban J connectivity index is 1.59. The molecule has 152 valence electrons. The number of amides is 1. The van der Waals surface area contributed by atoms with Crippen molar-refractivity contribution in [1.82, 2.24) is 9.88 Å². The molecule has 6 heteroatoms. The van der Waals surface area contributed by atoms with Crippen molar-refractivity contribution in [3.8, 4) is 5.75 Å². The number of rotatable bonds is 10. The van der Waals surface area contributed by atoms with Crippen LogP contribution in [0.3, 0.4) is 0 Å². The van der Waals surface area contributed by atoms with Gasteiger partial charge in [-0.1, -0.05) is 36.4 Å². The summed E-state index contributed by atoms with van der Waals surface area (Å²) in [5, 5.41) is 4.11. The van der Waals surface area contributed by atoms with E-state index in [1.165, 1.54) is 5.56 Å². The van der Waals surface area contributed by atoms with Crippen molar-refractivity contribution in [2.24, 2.45) is 0 Å². The Kier molecular flexibility index (Phi) is 7.41. The summed E-state index contributed by atoms with van der Waals surface area (Å²) in [4.78, 5) is 24.8. The Hall–Kier alpha value is -3.12. The van der Waals surface area contributed by atoms with Crippen molar-refractivity contribution in [3.63, 3.8) is 0 Å². The highest BCUT2D eigenvalue weighted by atomic mass is 16.5. The number of pyridine rings is 1. The van der Waals surface area contributed by atoms with Gasteiger partial charge in [-0.15, -0.1) is 0 Å². The number of hydrogen-bond acceptors (Lipinski definition) is 4. The van der Waals surface area contributed by atoms with Crippen LogP contribution in [0.15, 0.2) is 65.6 Å². The lowest BCUT2D eigenvalue weighted by atomic mass is 10.1. The first-order chi connectivity index (χ1) is 14.2. The summed E-state index contributed by atoms with van der Waals surface area (Å²) >= 11 is 0. The molecule has 0 aliphatic heterocycles. The SMILES string of the molecule is CCOCCn1ccc2c(OCC(=O)NCCc3ccccc3)cccc2c1=O. The molecule has 0 unspecified atom stereocenters. The van der Waals surface area contributed by atoms with E-state index in [9.17, 15) is 9.59 Å². The zero-order valence-electron chi connectivity index (χ0n) is 16.6. The van der Waals surface area contributed by atoms with Crippen LogP contribution in [0.1, 0.15) is 12.5 Å². The predicted octanol–water partition coefficient (Wildman–Crippen LogP) is 2.78. The summed E-state index contributed by atoms with van der Waals surface area (Å²) < 4.78 is 12.6. The lowest BCUT2D eigenvalue weighted by molar-refractivity contribution is -0.123. The molecule has 2 aromatic carbocycles. The Labute approximate surface area is 170 Å². The second-order valence-electron chi connectivity index (χ2n) is 6.60. The molecule has 3 aromatic rings. The Morgan fingerprint density at radius 2 is 1.86 bits per heavy atom. The summed E-state index contributed by atoms with van der Waals surface area (Å²) in [6, 6.07) is 17.1. The molecule has 0 fully saturated rings. The van der Waals surface area contributed by atoms with Gasteiger partial charge < -0.3 is 19.4 Å². The molecule has 0 atom stereocenters. The van der Waals surface area contributed by atoms with Crippen LogP contribution >= 0.6 is 0 Å².